The van der Waals surface area contributed by atoms with Crippen molar-refractivity contribution in [2.45, 2.75) is 37.5 Å². The molecule has 2 N–H and O–H groups in total. The Bertz CT molecular complexity index is 694. The average molecular weight is 323 g/mol. The molecule has 3 heteroatoms. The van der Waals surface area contributed by atoms with Crippen molar-refractivity contribution < 1.29 is 9.90 Å². The smallest absolute Gasteiger partial charge is 0.251 e. The molecule has 1 amide bonds. The monoisotopic (exact) mass is 323 g/mol. The van der Waals surface area contributed by atoms with E-state index in [9.17, 15) is 9.90 Å². The lowest BCUT2D eigenvalue weighted by Gasteiger charge is -2.30. The van der Waals surface area contributed by atoms with Crippen LogP contribution in [0.1, 0.15) is 53.6 Å². The van der Waals surface area contributed by atoms with Crippen LogP contribution in [0.25, 0.3) is 0 Å². The molecule has 1 saturated carbocycles. The minimum atomic E-state index is -0.484. The summed E-state index contributed by atoms with van der Waals surface area (Å²) < 4.78 is 0. The summed E-state index contributed by atoms with van der Waals surface area (Å²) in [6, 6.07) is 17.7. The number of nitrogens with one attached hydrogen (secondary N) is 1. The van der Waals surface area contributed by atoms with Gasteiger partial charge in [-0.2, -0.15) is 0 Å². The van der Waals surface area contributed by atoms with Gasteiger partial charge in [-0.1, -0.05) is 61.9 Å². The summed E-state index contributed by atoms with van der Waals surface area (Å²) in [6.07, 6.45) is 3.59. The van der Waals surface area contributed by atoms with E-state index in [0.717, 1.165) is 16.7 Å². The third-order valence-electron chi connectivity index (χ3n) is 5.21. The Morgan fingerprint density at radius 3 is 2.42 bits per heavy atom. The van der Waals surface area contributed by atoms with Crippen molar-refractivity contribution in [2.24, 2.45) is 0 Å². The summed E-state index contributed by atoms with van der Waals surface area (Å²) in [5, 5.41) is 12.9. The zero-order valence-electron chi connectivity index (χ0n) is 14.2. The van der Waals surface area contributed by atoms with Crippen LogP contribution in [0.2, 0.25) is 0 Å². The lowest BCUT2D eigenvalue weighted by atomic mass is 9.78. The number of hydrogen-bond acceptors (Lipinski definition) is 2. The molecule has 1 fully saturated rings. The average Bonchev–Trinajstić information content (AvgIpc) is 2.59. The molecule has 1 aliphatic rings. The van der Waals surface area contributed by atoms with Gasteiger partial charge in [0.2, 0.25) is 0 Å². The Morgan fingerprint density at radius 1 is 1.12 bits per heavy atom. The Balaban J connectivity index is 1.73. The molecule has 3 nitrogen and oxygen atoms in total. The number of carbonyl (C=O) groups excluding carboxylic acids is 1. The number of benzene rings is 2. The first-order chi connectivity index (χ1) is 11.6. The van der Waals surface area contributed by atoms with E-state index in [0.29, 0.717) is 12.5 Å². The van der Waals surface area contributed by atoms with Crippen LogP contribution in [0.5, 0.6) is 0 Å². The molecule has 2 aromatic carbocycles. The quantitative estimate of drug-likeness (QED) is 0.853. The molecule has 2 aromatic rings. The second-order valence-electron chi connectivity index (χ2n) is 6.98. The van der Waals surface area contributed by atoms with Gasteiger partial charge in [0.05, 0.1) is 6.61 Å². The van der Waals surface area contributed by atoms with Crippen molar-refractivity contribution in [1.29, 1.82) is 0 Å². The molecule has 0 spiro atoms. The highest BCUT2D eigenvalue weighted by atomic mass is 16.3. The van der Waals surface area contributed by atoms with Gasteiger partial charge >= 0.3 is 0 Å². The van der Waals surface area contributed by atoms with Crippen molar-refractivity contribution in [2.75, 3.05) is 13.2 Å². The van der Waals surface area contributed by atoms with E-state index in [1.807, 2.05) is 55.5 Å². The molecule has 0 aromatic heterocycles. The zero-order valence-corrected chi connectivity index (χ0v) is 14.2. The molecule has 24 heavy (non-hydrogen) atoms. The first-order valence-electron chi connectivity index (χ1n) is 8.67. The molecular weight excluding hydrogens is 298 g/mol. The van der Waals surface area contributed by atoms with Crippen molar-refractivity contribution in [3.8, 4) is 0 Å². The van der Waals surface area contributed by atoms with Crippen LogP contribution in [0.4, 0.5) is 0 Å². The molecule has 126 valence electrons. The van der Waals surface area contributed by atoms with E-state index in [4.69, 9.17) is 0 Å². The second kappa shape index (κ2) is 7.18. The Hall–Kier alpha value is -2.13. The predicted octanol–water partition coefficient (Wildman–Crippen LogP) is 3.63. The van der Waals surface area contributed by atoms with Gasteiger partial charge in [-0.15, -0.1) is 0 Å². The van der Waals surface area contributed by atoms with E-state index in [2.05, 4.69) is 11.4 Å². The van der Waals surface area contributed by atoms with Crippen molar-refractivity contribution in [3.05, 3.63) is 71.3 Å². The van der Waals surface area contributed by atoms with Gasteiger partial charge in [0.1, 0.15) is 0 Å². The van der Waals surface area contributed by atoms with Gasteiger partial charge in [-0.3, -0.25) is 4.79 Å². The van der Waals surface area contributed by atoms with Gasteiger partial charge in [0, 0.05) is 17.5 Å². The van der Waals surface area contributed by atoms with Crippen LogP contribution in [-0.2, 0) is 5.41 Å². The van der Waals surface area contributed by atoms with Gasteiger partial charge in [0.25, 0.3) is 5.91 Å². The first-order valence-corrected chi connectivity index (χ1v) is 8.67. The largest absolute Gasteiger partial charge is 0.395 e. The highest BCUT2D eigenvalue weighted by Crippen LogP contribution is 2.37. The van der Waals surface area contributed by atoms with E-state index in [-0.39, 0.29) is 12.5 Å². The fourth-order valence-corrected chi connectivity index (χ4v) is 3.24. The Labute approximate surface area is 143 Å². The van der Waals surface area contributed by atoms with Crippen LogP contribution < -0.4 is 5.32 Å². The molecular formula is C21H25NO2. The summed E-state index contributed by atoms with van der Waals surface area (Å²) in [6.45, 7) is 2.37. The van der Waals surface area contributed by atoms with Crippen molar-refractivity contribution >= 4 is 5.91 Å². The second-order valence-corrected chi connectivity index (χ2v) is 6.98. The molecule has 0 aliphatic heterocycles. The summed E-state index contributed by atoms with van der Waals surface area (Å²) in [5.41, 5.74) is 2.48. The minimum Gasteiger partial charge on any atom is -0.395 e. The lowest BCUT2D eigenvalue weighted by molar-refractivity contribution is 0.0932. The summed E-state index contributed by atoms with van der Waals surface area (Å²) in [4.78, 5) is 12.7. The van der Waals surface area contributed by atoms with E-state index in [1.165, 1.54) is 19.3 Å². The van der Waals surface area contributed by atoms with Crippen LogP contribution >= 0.6 is 0 Å². The number of aliphatic hydroxyl groups is 1. The summed E-state index contributed by atoms with van der Waals surface area (Å²) >= 11 is 0. The molecule has 1 unspecified atom stereocenters. The molecule has 0 bridgehead atoms. The van der Waals surface area contributed by atoms with Crippen LogP contribution in [0, 0.1) is 0 Å². The summed E-state index contributed by atoms with van der Waals surface area (Å²) in [7, 11) is 0. The number of amides is 1. The maximum absolute atomic E-state index is 12.7. The van der Waals surface area contributed by atoms with Crippen LogP contribution in [-0.4, -0.2) is 24.2 Å². The molecule has 3 rings (SSSR count). The van der Waals surface area contributed by atoms with E-state index in [1.54, 1.807) is 0 Å². The molecule has 0 heterocycles. The van der Waals surface area contributed by atoms with Gasteiger partial charge in [-0.25, -0.2) is 0 Å². The highest BCUT2D eigenvalue weighted by molar-refractivity contribution is 5.96. The fourth-order valence-electron chi connectivity index (χ4n) is 3.24. The third-order valence-corrected chi connectivity index (χ3v) is 5.21. The Kier molecular flexibility index (Phi) is 5.00. The lowest BCUT2D eigenvalue weighted by Crippen LogP contribution is -2.41. The minimum absolute atomic E-state index is 0.0123. The fraction of sp³-hybridized carbons (Fsp3) is 0.381. The van der Waals surface area contributed by atoms with Gasteiger partial charge in [-0.05, 0) is 36.0 Å². The van der Waals surface area contributed by atoms with Gasteiger partial charge in [0.15, 0.2) is 0 Å². The first kappa shape index (κ1) is 16.7. The molecule has 0 radical (unpaired) electrons. The van der Waals surface area contributed by atoms with Crippen molar-refractivity contribution in [1.82, 2.24) is 5.32 Å². The topological polar surface area (TPSA) is 49.3 Å². The SMILES string of the molecule is CC(CO)(CNC(=O)c1ccccc1C1CCC1)c1ccccc1. The highest BCUT2D eigenvalue weighted by Gasteiger charge is 2.28. The Morgan fingerprint density at radius 2 is 1.79 bits per heavy atom. The van der Waals surface area contributed by atoms with Gasteiger partial charge < -0.3 is 10.4 Å². The van der Waals surface area contributed by atoms with E-state index >= 15 is 0 Å². The molecule has 1 atom stereocenters. The standard InChI is InChI=1S/C21H25NO2/c1-21(15-23,17-10-3-2-4-11-17)14-22-20(24)19-13-6-5-12-18(19)16-8-7-9-16/h2-6,10-13,16,23H,7-9,14-15H2,1H3,(H,22,24). The summed E-state index contributed by atoms with van der Waals surface area (Å²) in [5.74, 6) is 0.471. The zero-order chi connectivity index (χ0) is 17.0. The molecule has 1 aliphatic carbocycles. The predicted molar refractivity (Wildman–Crippen MR) is 96.2 cm³/mol. The maximum Gasteiger partial charge on any atom is 0.251 e. The number of rotatable bonds is 6. The number of hydrogen-bond donors (Lipinski definition) is 2. The number of aliphatic hydroxyl groups excluding tert-OH is 1. The van der Waals surface area contributed by atoms with Crippen LogP contribution in [0.15, 0.2) is 54.6 Å². The third kappa shape index (κ3) is 3.36. The van der Waals surface area contributed by atoms with Crippen LogP contribution in [0.3, 0.4) is 0 Å². The number of carbonyl (C=O) groups is 1. The maximum atomic E-state index is 12.7. The normalized spacial score (nSPS) is 16.9. The van der Waals surface area contributed by atoms with E-state index < -0.39 is 5.41 Å². The molecule has 0 saturated heterocycles. The van der Waals surface area contributed by atoms with Crippen molar-refractivity contribution in [3.63, 3.8) is 0 Å².